The number of imidazole rings is 1. The number of anilines is 1. The van der Waals surface area contributed by atoms with Crippen molar-refractivity contribution in [2.75, 3.05) is 12.3 Å². The lowest BCUT2D eigenvalue weighted by Crippen LogP contribution is -2.52. The average molecular weight is 305 g/mol. The van der Waals surface area contributed by atoms with E-state index in [9.17, 15) is 10.2 Å². The van der Waals surface area contributed by atoms with Crippen molar-refractivity contribution in [3.8, 4) is 0 Å². The molecule has 22 heavy (non-hydrogen) atoms. The van der Waals surface area contributed by atoms with Crippen molar-refractivity contribution in [2.45, 2.75) is 42.5 Å². The Hall–Kier alpha value is -1.81. The van der Waals surface area contributed by atoms with Gasteiger partial charge in [-0.25, -0.2) is 15.0 Å². The number of nitrogen functional groups attached to an aromatic ring is 1. The minimum atomic E-state index is -1.07. The molecule has 1 spiro atoms. The first-order valence-electron chi connectivity index (χ1n) is 7.19. The molecule has 2 saturated heterocycles. The van der Waals surface area contributed by atoms with Gasteiger partial charge in [0.2, 0.25) is 0 Å². The molecule has 4 N–H and O–H groups in total. The Balaban J connectivity index is 1.62. The van der Waals surface area contributed by atoms with Crippen LogP contribution in [-0.2, 0) is 9.47 Å². The van der Waals surface area contributed by atoms with Gasteiger partial charge in [0.25, 0.3) is 0 Å². The maximum atomic E-state index is 10.5. The Morgan fingerprint density at radius 3 is 2.86 bits per heavy atom. The molecular weight excluding hydrogens is 290 g/mol. The molecule has 0 unspecified atom stereocenters. The van der Waals surface area contributed by atoms with Crippen molar-refractivity contribution in [2.24, 2.45) is 0 Å². The average Bonchev–Trinajstić information content (AvgIpc) is 2.98. The fraction of sp³-hybridized carbons (Fsp3) is 0.615. The summed E-state index contributed by atoms with van der Waals surface area (Å²) in [6.45, 7) is -0.287. The summed E-state index contributed by atoms with van der Waals surface area (Å²) >= 11 is 0. The van der Waals surface area contributed by atoms with E-state index in [0.29, 0.717) is 11.2 Å². The van der Waals surface area contributed by atoms with Gasteiger partial charge in [-0.15, -0.1) is 0 Å². The lowest BCUT2D eigenvalue weighted by Gasteiger charge is -2.36. The number of aromatic nitrogens is 4. The van der Waals surface area contributed by atoms with Crippen LogP contribution in [0.25, 0.3) is 11.2 Å². The van der Waals surface area contributed by atoms with Crippen LogP contribution < -0.4 is 5.73 Å². The van der Waals surface area contributed by atoms with Crippen LogP contribution >= 0.6 is 0 Å². The Morgan fingerprint density at radius 2 is 2.14 bits per heavy atom. The number of rotatable bonds is 2. The molecule has 2 bridgehead atoms. The smallest absolute Gasteiger partial charge is 0.167 e. The summed E-state index contributed by atoms with van der Waals surface area (Å²) in [7, 11) is 0. The highest BCUT2D eigenvalue weighted by Crippen LogP contribution is 2.64. The quantitative estimate of drug-likeness (QED) is 0.642. The largest absolute Gasteiger partial charge is 0.393 e. The van der Waals surface area contributed by atoms with Crippen LogP contribution in [0.1, 0.15) is 19.1 Å². The fourth-order valence-electron chi connectivity index (χ4n) is 3.83. The first-order chi connectivity index (χ1) is 10.6. The van der Waals surface area contributed by atoms with Gasteiger partial charge in [-0.2, -0.15) is 0 Å². The van der Waals surface area contributed by atoms with Crippen LogP contribution in [0.2, 0.25) is 0 Å². The van der Waals surface area contributed by atoms with Crippen molar-refractivity contribution >= 4 is 17.0 Å². The number of nitrogens with two attached hydrogens (primary N) is 1. The third kappa shape index (κ3) is 1.23. The molecule has 2 aliphatic heterocycles. The lowest BCUT2D eigenvalue weighted by molar-refractivity contribution is -0.233. The van der Waals surface area contributed by atoms with E-state index in [0.717, 1.165) is 12.8 Å². The second-order valence-electron chi connectivity index (χ2n) is 6.16. The minimum absolute atomic E-state index is 0.281. The zero-order valence-corrected chi connectivity index (χ0v) is 11.6. The summed E-state index contributed by atoms with van der Waals surface area (Å²) in [5.74, 6) is 0.281. The van der Waals surface area contributed by atoms with E-state index in [1.807, 2.05) is 0 Å². The van der Waals surface area contributed by atoms with E-state index in [1.54, 1.807) is 10.9 Å². The molecule has 116 valence electrons. The molecule has 0 amide bonds. The molecule has 5 rings (SSSR count). The summed E-state index contributed by atoms with van der Waals surface area (Å²) in [5, 5.41) is 20.4. The van der Waals surface area contributed by atoms with Crippen molar-refractivity contribution in [1.29, 1.82) is 0 Å². The molecule has 1 aliphatic carbocycles. The van der Waals surface area contributed by atoms with E-state index in [2.05, 4.69) is 15.0 Å². The molecule has 4 atom stereocenters. The monoisotopic (exact) mass is 305 g/mol. The topological polar surface area (TPSA) is 129 Å². The molecule has 9 nitrogen and oxygen atoms in total. The SMILES string of the molecule is Nc1ncnc2c1ncn2[C@@H]1O[C@]2(CO)[C@@H](O)[C@H]1OC21CC1. The molecule has 9 heteroatoms. The van der Waals surface area contributed by atoms with Gasteiger partial charge < -0.3 is 25.4 Å². The van der Waals surface area contributed by atoms with Crippen molar-refractivity contribution < 1.29 is 19.7 Å². The normalized spacial score (nSPS) is 38.2. The predicted molar refractivity (Wildman–Crippen MR) is 72.5 cm³/mol. The highest BCUT2D eigenvalue weighted by molar-refractivity contribution is 5.81. The molecule has 0 radical (unpaired) electrons. The maximum absolute atomic E-state index is 10.5. The molecular formula is C13H15N5O4. The van der Waals surface area contributed by atoms with Crippen LogP contribution in [0.3, 0.4) is 0 Å². The third-order valence-corrected chi connectivity index (χ3v) is 5.13. The van der Waals surface area contributed by atoms with Gasteiger partial charge in [-0.05, 0) is 12.8 Å². The summed E-state index contributed by atoms with van der Waals surface area (Å²) in [4.78, 5) is 12.3. The van der Waals surface area contributed by atoms with Crippen LogP contribution in [0, 0.1) is 0 Å². The number of aliphatic hydroxyl groups excluding tert-OH is 2. The van der Waals surface area contributed by atoms with E-state index in [-0.39, 0.29) is 12.4 Å². The zero-order chi connectivity index (χ0) is 15.1. The molecule has 2 aromatic rings. The van der Waals surface area contributed by atoms with E-state index >= 15 is 0 Å². The molecule has 1 saturated carbocycles. The van der Waals surface area contributed by atoms with Crippen molar-refractivity contribution in [1.82, 2.24) is 19.5 Å². The van der Waals surface area contributed by atoms with E-state index in [4.69, 9.17) is 15.2 Å². The number of fused-ring (bicyclic) bond motifs is 4. The van der Waals surface area contributed by atoms with Gasteiger partial charge in [0, 0.05) is 0 Å². The van der Waals surface area contributed by atoms with Gasteiger partial charge in [-0.3, -0.25) is 4.57 Å². The number of hydrogen-bond donors (Lipinski definition) is 3. The third-order valence-electron chi connectivity index (χ3n) is 5.13. The van der Waals surface area contributed by atoms with Gasteiger partial charge >= 0.3 is 0 Å². The van der Waals surface area contributed by atoms with Gasteiger partial charge in [0.05, 0.1) is 12.9 Å². The fourth-order valence-corrected chi connectivity index (χ4v) is 3.83. The second kappa shape index (κ2) is 3.74. The van der Waals surface area contributed by atoms with Gasteiger partial charge in [0.15, 0.2) is 23.3 Å². The highest BCUT2D eigenvalue weighted by Gasteiger charge is 2.78. The van der Waals surface area contributed by atoms with Crippen molar-refractivity contribution in [3.05, 3.63) is 12.7 Å². The Morgan fingerprint density at radius 1 is 1.32 bits per heavy atom. The van der Waals surface area contributed by atoms with Gasteiger partial charge in [0.1, 0.15) is 29.7 Å². The molecule has 0 aromatic carbocycles. The number of nitrogens with zero attached hydrogens (tertiary/aromatic N) is 4. The van der Waals surface area contributed by atoms with Crippen LogP contribution in [0.5, 0.6) is 0 Å². The Bertz CT molecular complexity index is 775. The standard InChI is InChI=1S/C13H15N5O4/c14-9-6-10(16-4-15-9)18(5-17-6)11-7-8(20)13(3-19,22-11)12(21-7)1-2-12/h4-5,7-8,11,19-20H,1-3H2,(H2,14,15,16)/t7-,8+,11-,13-/m1/s1. The van der Waals surface area contributed by atoms with Crippen LogP contribution in [-0.4, -0.2) is 59.7 Å². The summed E-state index contributed by atoms with van der Waals surface area (Å²) in [5.41, 5.74) is 5.15. The second-order valence-corrected chi connectivity index (χ2v) is 6.16. The molecule has 4 heterocycles. The summed E-state index contributed by atoms with van der Waals surface area (Å²) in [6, 6.07) is 0. The summed E-state index contributed by atoms with van der Waals surface area (Å²) in [6.07, 6.45) is 2.41. The number of aliphatic hydroxyl groups is 2. The zero-order valence-electron chi connectivity index (χ0n) is 11.6. The molecule has 2 aromatic heterocycles. The van der Waals surface area contributed by atoms with Gasteiger partial charge in [-0.1, -0.05) is 0 Å². The summed E-state index contributed by atoms with van der Waals surface area (Å²) < 4.78 is 13.8. The molecule has 3 fully saturated rings. The Kier molecular flexibility index (Phi) is 2.16. The highest BCUT2D eigenvalue weighted by atomic mass is 16.7. The number of hydrogen-bond acceptors (Lipinski definition) is 8. The van der Waals surface area contributed by atoms with E-state index < -0.39 is 29.6 Å². The van der Waals surface area contributed by atoms with E-state index in [1.165, 1.54) is 6.33 Å². The van der Waals surface area contributed by atoms with Crippen LogP contribution in [0.4, 0.5) is 5.82 Å². The first kappa shape index (κ1) is 12.7. The maximum Gasteiger partial charge on any atom is 0.167 e. The lowest BCUT2D eigenvalue weighted by atomic mass is 9.91. The van der Waals surface area contributed by atoms with Crippen molar-refractivity contribution in [3.63, 3.8) is 0 Å². The van der Waals surface area contributed by atoms with Crippen LogP contribution in [0.15, 0.2) is 12.7 Å². The Labute approximate surface area is 124 Å². The molecule has 3 aliphatic rings. The predicted octanol–water partition coefficient (Wildman–Crippen LogP) is -1.04. The number of ether oxygens (including phenoxy) is 2. The minimum Gasteiger partial charge on any atom is -0.393 e. The first-order valence-corrected chi connectivity index (χ1v) is 7.19.